The predicted molar refractivity (Wildman–Crippen MR) is 121 cm³/mol. The van der Waals surface area contributed by atoms with Crippen molar-refractivity contribution in [3.63, 3.8) is 0 Å². The molecule has 33 heavy (non-hydrogen) atoms. The number of esters is 1. The monoisotopic (exact) mass is 485 g/mol. The fourth-order valence-electron chi connectivity index (χ4n) is 2.83. The summed E-state index contributed by atoms with van der Waals surface area (Å²) in [5.41, 5.74) is -2.24. The van der Waals surface area contributed by atoms with E-state index in [0.29, 0.717) is 23.3 Å². The van der Waals surface area contributed by atoms with Gasteiger partial charge in [-0.2, -0.15) is 24.9 Å². The molecule has 2 aromatic rings. The molecule has 0 radical (unpaired) electrons. The van der Waals surface area contributed by atoms with Gasteiger partial charge >= 0.3 is 12.1 Å². The molecule has 10 heteroatoms. The first kappa shape index (κ1) is 26.4. The van der Waals surface area contributed by atoms with Gasteiger partial charge in [-0.15, -0.1) is 0 Å². The fourth-order valence-corrected chi connectivity index (χ4v) is 3.27. The van der Waals surface area contributed by atoms with Crippen LogP contribution < -0.4 is 9.64 Å². The van der Waals surface area contributed by atoms with Crippen LogP contribution in [0.25, 0.3) is 0 Å². The van der Waals surface area contributed by atoms with Crippen LogP contribution in [-0.2, 0) is 22.3 Å². The molecule has 2 aromatic carbocycles. The molecule has 0 aliphatic rings. The molecule has 6 nitrogen and oxygen atoms in total. The maximum atomic E-state index is 13.2. The van der Waals surface area contributed by atoms with E-state index >= 15 is 0 Å². The molecule has 180 valence electrons. The van der Waals surface area contributed by atoms with Crippen molar-refractivity contribution < 1.29 is 37.3 Å². The lowest BCUT2D eigenvalue weighted by atomic mass is 10.0. The number of carbonyl (C=O) groups excluding carboxylic acids is 2. The second-order valence-electron chi connectivity index (χ2n) is 8.16. The van der Waals surface area contributed by atoms with Crippen LogP contribution in [-0.4, -0.2) is 41.6 Å². The molecule has 0 fully saturated rings. The van der Waals surface area contributed by atoms with Crippen molar-refractivity contribution in [3.8, 4) is 11.5 Å². The first-order chi connectivity index (χ1) is 15.2. The Balaban J connectivity index is 2.29. The average molecular weight is 486 g/mol. The van der Waals surface area contributed by atoms with E-state index < -0.39 is 34.6 Å². The molecule has 0 aromatic heterocycles. The van der Waals surface area contributed by atoms with Crippen LogP contribution in [0.4, 0.5) is 18.9 Å². The van der Waals surface area contributed by atoms with Crippen LogP contribution in [0.5, 0.6) is 11.5 Å². The van der Waals surface area contributed by atoms with E-state index in [4.69, 9.17) is 9.47 Å². The van der Waals surface area contributed by atoms with Gasteiger partial charge in [0.2, 0.25) is 5.91 Å². The number of phenols is 1. The lowest BCUT2D eigenvalue weighted by molar-refractivity contribution is -0.138. The van der Waals surface area contributed by atoms with Gasteiger partial charge in [0.25, 0.3) is 0 Å². The number of benzene rings is 2. The van der Waals surface area contributed by atoms with E-state index in [0.717, 1.165) is 6.07 Å². The van der Waals surface area contributed by atoms with Crippen molar-refractivity contribution in [2.45, 2.75) is 39.2 Å². The molecular formula is C23H26F3NO5S. The number of rotatable bonds is 7. The van der Waals surface area contributed by atoms with Gasteiger partial charge in [-0.25, -0.2) is 4.79 Å². The van der Waals surface area contributed by atoms with Gasteiger partial charge in [0, 0.05) is 18.3 Å². The quantitative estimate of drug-likeness (QED) is 0.539. The minimum atomic E-state index is -4.85. The summed E-state index contributed by atoms with van der Waals surface area (Å²) in [6, 6.07) is 8.27. The summed E-state index contributed by atoms with van der Waals surface area (Å²) in [6.07, 6.45) is -3.02. The number of thioether (sulfide) groups is 1. The van der Waals surface area contributed by atoms with Crippen LogP contribution in [0, 0.1) is 0 Å². The maximum Gasteiger partial charge on any atom is 0.419 e. The number of halogens is 3. The normalized spacial score (nSPS) is 11.8. The average Bonchev–Trinajstić information content (AvgIpc) is 2.69. The van der Waals surface area contributed by atoms with Gasteiger partial charge in [0.1, 0.15) is 29.3 Å². The Kier molecular flexibility index (Phi) is 8.29. The largest absolute Gasteiger partial charge is 0.506 e. The smallest absolute Gasteiger partial charge is 0.419 e. The lowest BCUT2D eigenvalue weighted by Crippen LogP contribution is -2.27. The predicted octanol–water partition coefficient (Wildman–Crippen LogP) is 5.27. The summed E-state index contributed by atoms with van der Waals surface area (Å²) in [7, 11) is 1.65. The number of carbonyl (C=O) groups is 2. The second kappa shape index (κ2) is 10.4. The van der Waals surface area contributed by atoms with E-state index in [1.165, 1.54) is 16.7 Å². The highest BCUT2D eigenvalue weighted by atomic mass is 32.2. The van der Waals surface area contributed by atoms with E-state index in [2.05, 4.69) is 0 Å². The van der Waals surface area contributed by atoms with Crippen LogP contribution in [0.3, 0.4) is 0 Å². The van der Waals surface area contributed by atoms with Crippen LogP contribution >= 0.6 is 11.8 Å². The maximum absolute atomic E-state index is 13.2. The lowest BCUT2D eigenvalue weighted by Gasteiger charge is -2.22. The van der Waals surface area contributed by atoms with Crippen molar-refractivity contribution in [2.24, 2.45) is 0 Å². The number of ether oxygens (including phenoxy) is 2. The number of amides is 1. The number of hydrogen-bond acceptors (Lipinski definition) is 6. The van der Waals surface area contributed by atoms with Gasteiger partial charge < -0.3 is 19.5 Å². The van der Waals surface area contributed by atoms with Crippen LogP contribution in [0.2, 0.25) is 0 Å². The standard InChI is InChI=1S/C23H26F3NO5S/c1-22(2,3)32-21(30)19-14(6-11-17(20(19)29)23(24,25)26)12-31-16-9-7-15(8-10-16)27(4)18(28)13-33-5/h6-11,29H,12-13H2,1-5H3. The third-order valence-corrected chi connectivity index (χ3v) is 4.97. The summed E-state index contributed by atoms with van der Waals surface area (Å²) in [4.78, 5) is 26.1. The first-order valence-electron chi connectivity index (χ1n) is 9.88. The Morgan fingerprint density at radius 3 is 2.18 bits per heavy atom. The van der Waals surface area contributed by atoms with Crippen molar-refractivity contribution >= 4 is 29.3 Å². The molecule has 0 aliphatic carbocycles. The molecule has 0 atom stereocenters. The van der Waals surface area contributed by atoms with Crippen LogP contribution in [0.1, 0.15) is 42.3 Å². The fraction of sp³-hybridized carbons (Fsp3) is 0.391. The zero-order chi connectivity index (χ0) is 25.0. The highest BCUT2D eigenvalue weighted by Crippen LogP contribution is 2.39. The molecule has 0 unspecified atom stereocenters. The third-order valence-electron chi connectivity index (χ3n) is 4.43. The molecule has 0 bridgehead atoms. The highest BCUT2D eigenvalue weighted by Gasteiger charge is 2.37. The van der Waals surface area contributed by atoms with Gasteiger partial charge in [-0.05, 0) is 57.4 Å². The number of hydrogen-bond donors (Lipinski definition) is 1. The number of alkyl halides is 3. The topological polar surface area (TPSA) is 76.1 Å². The van der Waals surface area contributed by atoms with Gasteiger partial charge in [-0.1, -0.05) is 6.07 Å². The van der Waals surface area contributed by atoms with E-state index in [-0.39, 0.29) is 18.1 Å². The van der Waals surface area contributed by atoms with Crippen molar-refractivity contribution in [1.29, 1.82) is 0 Å². The van der Waals surface area contributed by atoms with Gasteiger partial charge in [0.15, 0.2) is 0 Å². The Labute approximate surface area is 194 Å². The number of aromatic hydroxyl groups is 1. The molecule has 1 amide bonds. The summed E-state index contributed by atoms with van der Waals surface area (Å²) >= 11 is 1.41. The Bertz CT molecular complexity index is 1000. The molecule has 0 aliphatic heterocycles. The zero-order valence-electron chi connectivity index (χ0n) is 18.9. The van der Waals surface area contributed by atoms with Gasteiger partial charge in [0.05, 0.1) is 11.3 Å². The first-order valence-corrected chi connectivity index (χ1v) is 11.3. The molecule has 0 saturated heterocycles. The summed E-state index contributed by atoms with van der Waals surface area (Å²) in [6.45, 7) is 4.40. The number of nitrogens with zero attached hydrogens (tertiary/aromatic N) is 1. The number of phenolic OH excluding ortho intramolecular Hbond substituents is 1. The Morgan fingerprint density at radius 2 is 1.67 bits per heavy atom. The Hall–Kier alpha value is -2.88. The minimum absolute atomic E-state index is 0.0334. The molecule has 0 heterocycles. The zero-order valence-corrected chi connectivity index (χ0v) is 19.8. The molecule has 0 saturated carbocycles. The number of anilines is 1. The van der Waals surface area contributed by atoms with E-state index in [1.807, 2.05) is 6.26 Å². The Morgan fingerprint density at radius 1 is 1.06 bits per heavy atom. The van der Waals surface area contributed by atoms with E-state index in [1.54, 1.807) is 52.1 Å². The third kappa shape index (κ3) is 7.05. The summed E-state index contributed by atoms with van der Waals surface area (Å²) in [5.74, 6) is -1.67. The summed E-state index contributed by atoms with van der Waals surface area (Å²) < 4.78 is 50.6. The van der Waals surface area contributed by atoms with Crippen molar-refractivity contribution in [2.75, 3.05) is 24.0 Å². The van der Waals surface area contributed by atoms with Crippen molar-refractivity contribution in [3.05, 3.63) is 53.1 Å². The second-order valence-corrected chi connectivity index (χ2v) is 9.03. The molecule has 1 N–H and O–H groups in total. The molecule has 0 spiro atoms. The van der Waals surface area contributed by atoms with Crippen LogP contribution in [0.15, 0.2) is 36.4 Å². The SMILES string of the molecule is CSCC(=O)N(C)c1ccc(OCc2ccc(C(F)(F)F)c(O)c2C(=O)OC(C)(C)C)cc1. The van der Waals surface area contributed by atoms with Crippen molar-refractivity contribution in [1.82, 2.24) is 0 Å². The minimum Gasteiger partial charge on any atom is -0.506 e. The molecule has 2 rings (SSSR count). The highest BCUT2D eigenvalue weighted by molar-refractivity contribution is 7.99. The van der Waals surface area contributed by atoms with E-state index in [9.17, 15) is 27.9 Å². The molecular weight excluding hydrogens is 459 g/mol. The van der Waals surface area contributed by atoms with Gasteiger partial charge in [-0.3, -0.25) is 4.79 Å². The summed E-state index contributed by atoms with van der Waals surface area (Å²) in [5, 5.41) is 10.2.